The van der Waals surface area contributed by atoms with Crippen molar-refractivity contribution in [2.24, 2.45) is 0 Å². The van der Waals surface area contributed by atoms with Gasteiger partial charge in [-0.05, 0) is 12.1 Å². The number of nitrogens with zero attached hydrogens (tertiary/aromatic N) is 3. The molecule has 2 aromatic rings. The van der Waals surface area contributed by atoms with Crippen molar-refractivity contribution in [3.63, 3.8) is 0 Å². The van der Waals surface area contributed by atoms with E-state index in [0.717, 1.165) is 18.1 Å². The van der Waals surface area contributed by atoms with E-state index >= 15 is 0 Å². The molecule has 3 nitrogen and oxygen atoms in total. The fraction of sp³-hybridized carbons (Fsp3) is 0.429. The molecule has 0 amide bonds. The van der Waals surface area contributed by atoms with Crippen LogP contribution >= 0.6 is 34.8 Å². The van der Waals surface area contributed by atoms with Gasteiger partial charge in [-0.2, -0.15) is 5.10 Å². The highest BCUT2D eigenvalue weighted by Crippen LogP contribution is 2.34. The van der Waals surface area contributed by atoms with Crippen LogP contribution in [0.1, 0.15) is 39.3 Å². The highest BCUT2D eigenvalue weighted by atomic mass is 35.5. The Morgan fingerprint density at radius 1 is 1.10 bits per heavy atom. The third-order valence-electron chi connectivity index (χ3n) is 2.83. The van der Waals surface area contributed by atoms with Gasteiger partial charge < -0.3 is 0 Å². The van der Waals surface area contributed by atoms with Crippen LogP contribution in [0.3, 0.4) is 0 Å². The van der Waals surface area contributed by atoms with Crippen molar-refractivity contribution in [1.82, 2.24) is 14.8 Å². The smallest absolute Gasteiger partial charge is 0.151 e. The lowest BCUT2D eigenvalue weighted by Crippen LogP contribution is -2.19. The highest BCUT2D eigenvalue weighted by molar-refractivity contribution is 6.40. The summed E-state index contributed by atoms with van der Waals surface area (Å²) in [5.74, 6) is 1.58. The minimum Gasteiger partial charge on any atom is -0.216 e. The summed E-state index contributed by atoms with van der Waals surface area (Å²) in [6.45, 7) is 8.23. The van der Waals surface area contributed by atoms with Gasteiger partial charge in [-0.25, -0.2) is 9.67 Å². The molecule has 0 saturated heterocycles. The Labute approximate surface area is 133 Å². The van der Waals surface area contributed by atoms with E-state index in [2.05, 4.69) is 30.9 Å². The first-order valence-corrected chi connectivity index (χ1v) is 7.48. The maximum Gasteiger partial charge on any atom is 0.151 e. The maximum absolute atomic E-state index is 6.29. The van der Waals surface area contributed by atoms with E-state index in [1.807, 2.05) is 6.92 Å². The molecule has 1 aromatic heterocycles. The van der Waals surface area contributed by atoms with Crippen LogP contribution in [0.5, 0.6) is 0 Å². The van der Waals surface area contributed by atoms with Crippen LogP contribution in [0, 0.1) is 0 Å². The molecular formula is C14H16Cl3N3. The van der Waals surface area contributed by atoms with Crippen LogP contribution in [-0.4, -0.2) is 14.8 Å². The van der Waals surface area contributed by atoms with Gasteiger partial charge in [0.2, 0.25) is 0 Å². The van der Waals surface area contributed by atoms with Crippen LogP contribution in [0.2, 0.25) is 15.1 Å². The third kappa shape index (κ3) is 2.95. The molecule has 0 aliphatic heterocycles. The molecule has 2 rings (SSSR count). The molecule has 108 valence electrons. The standard InChI is InChI=1S/C14H16Cl3N3/c1-5-11-18-13(14(2,3)4)20(19-11)12-9(16)6-8(15)7-10(12)17/h6-7H,5H2,1-4H3. The summed E-state index contributed by atoms with van der Waals surface area (Å²) in [4.78, 5) is 4.58. The zero-order valence-electron chi connectivity index (χ0n) is 11.8. The van der Waals surface area contributed by atoms with Crippen LogP contribution in [0.25, 0.3) is 5.69 Å². The molecule has 0 spiro atoms. The van der Waals surface area contributed by atoms with Gasteiger partial charge in [0, 0.05) is 16.9 Å². The topological polar surface area (TPSA) is 30.7 Å². The van der Waals surface area contributed by atoms with Gasteiger partial charge in [0.25, 0.3) is 0 Å². The predicted molar refractivity (Wildman–Crippen MR) is 84.5 cm³/mol. The van der Waals surface area contributed by atoms with Crippen LogP contribution < -0.4 is 0 Å². The lowest BCUT2D eigenvalue weighted by molar-refractivity contribution is 0.526. The Morgan fingerprint density at radius 2 is 1.65 bits per heavy atom. The molecule has 0 aliphatic rings. The summed E-state index contributed by atoms with van der Waals surface area (Å²) in [7, 11) is 0. The van der Waals surface area contributed by atoms with Crippen molar-refractivity contribution in [1.29, 1.82) is 0 Å². The number of aryl methyl sites for hydroxylation is 1. The van der Waals surface area contributed by atoms with E-state index in [0.29, 0.717) is 20.8 Å². The SMILES string of the molecule is CCc1nc(C(C)(C)C)n(-c2c(Cl)cc(Cl)cc2Cl)n1. The molecule has 20 heavy (non-hydrogen) atoms. The summed E-state index contributed by atoms with van der Waals surface area (Å²) >= 11 is 18.5. The number of benzene rings is 1. The Balaban J connectivity index is 2.73. The van der Waals surface area contributed by atoms with Crippen LogP contribution in [0.15, 0.2) is 12.1 Å². The number of hydrogen-bond donors (Lipinski definition) is 0. The van der Waals surface area contributed by atoms with Crippen LogP contribution in [-0.2, 0) is 11.8 Å². The number of hydrogen-bond acceptors (Lipinski definition) is 2. The number of rotatable bonds is 2. The van der Waals surface area contributed by atoms with Crippen LogP contribution in [0.4, 0.5) is 0 Å². The second-order valence-electron chi connectivity index (χ2n) is 5.59. The quantitative estimate of drug-likeness (QED) is 0.767. The number of aromatic nitrogens is 3. The van der Waals surface area contributed by atoms with Gasteiger partial charge in [-0.1, -0.05) is 62.5 Å². The zero-order valence-corrected chi connectivity index (χ0v) is 14.1. The van der Waals surface area contributed by atoms with Crippen molar-refractivity contribution in [3.05, 3.63) is 38.8 Å². The Morgan fingerprint density at radius 3 is 2.10 bits per heavy atom. The minimum absolute atomic E-state index is 0.174. The lowest BCUT2D eigenvalue weighted by atomic mass is 9.95. The molecule has 1 heterocycles. The van der Waals surface area contributed by atoms with Gasteiger partial charge in [0.15, 0.2) is 5.82 Å². The summed E-state index contributed by atoms with van der Waals surface area (Å²) in [6.07, 6.45) is 0.749. The van der Waals surface area contributed by atoms with Crippen molar-refractivity contribution < 1.29 is 0 Å². The third-order valence-corrected chi connectivity index (χ3v) is 3.63. The first kappa shape index (κ1) is 15.6. The summed E-state index contributed by atoms with van der Waals surface area (Å²) in [6, 6.07) is 3.31. The molecule has 0 N–H and O–H groups in total. The van der Waals surface area contributed by atoms with Crippen molar-refractivity contribution in [2.45, 2.75) is 39.5 Å². The second-order valence-corrected chi connectivity index (χ2v) is 6.84. The molecule has 0 atom stereocenters. The van der Waals surface area contributed by atoms with E-state index in [1.165, 1.54) is 0 Å². The molecule has 0 aliphatic carbocycles. The van der Waals surface area contributed by atoms with Gasteiger partial charge in [0.1, 0.15) is 11.5 Å². The van der Waals surface area contributed by atoms with E-state index in [4.69, 9.17) is 34.8 Å². The average molecular weight is 333 g/mol. The van der Waals surface area contributed by atoms with Crippen molar-refractivity contribution in [2.75, 3.05) is 0 Å². The molecule has 1 aromatic carbocycles. The van der Waals surface area contributed by atoms with Gasteiger partial charge in [-0.15, -0.1) is 0 Å². The molecule has 0 saturated carbocycles. The maximum atomic E-state index is 6.29. The first-order valence-electron chi connectivity index (χ1n) is 6.35. The molecule has 0 bridgehead atoms. The highest BCUT2D eigenvalue weighted by Gasteiger charge is 2.25. The molecule has 0 radical (unpaired) electrons. The normalized spacial score (nSPS) is 11.9. The van der Waals surface area contributed by atoms with E-state index in [1.54, 1.807) is 16.8 Å². The van der Waals surface area contributed by atoms with E-state index < -0.39 is 0 Å². The Bertz CT molecular complexity index is 619. The van der Waals surface area contributed by atoms with Gasteiger partial charge in [0.05, 0.1) is 10.0 Å². The predicted octanol–water partition coefficient (Wildman–Crippen LogP) is 5.09. The summed E-state index contributed by atoms with van der Waals surface area (Å²) in [5.41, 5.74) is 0.446. The first-order chi connectivity index (χ1) is 9.24. The molecular weight excluding hydrogens is 317 g/mol. The van der Waals surface area contributed by atoms with Crippen molar-refractivity contribution in [3.8, 4) is 5.69 Å². The van der Waals surface area contributed by atoms with E-state index in [9.17, 15) is 0 Å². The minimum atomic E-state index is -0.174. The largest absolute Gasteiger partial charge is 0.216 e. The van der Waals surface area contributed by atoms with Gasteiger partial charge >= 0.3 is 0 Å². The fourth-order valence-corrected chi connectivity index (χ4v) is 2.86. The molecule has 0 fully saturated rings. The van der Waals surface area contributed by atoms with Gasteiger partial charge in [-0.3, -0.25) is 0 Å². The Kier molecular flexibility index (Phi) is 4.33. The average Bonchev–Trinajstić information content (AvgIpc) is 2.71. The zero-order chi connectivity index (χ0) is 15.1. The number of halogens is 3. The lowest BCUT2D eigenvalue weighted by Gasteiger charge is -2.19. The fourth-order valence-electron chi connectivity index (χ4n) is 1.88. The molecule has 0 unspecified atom stereocenters. The van der Waals surface area contributed by atoms with E-state index in [-0.39, 0.29) is 5.41 Å². The second kappa shape index (κ2) is 5.55. The summed E-state index contributed by atoms with van der Waals surface area (Å²) < 4.78 is 1.72. The van der Waals surface area contributed by atoms with Crippen molar-refractivity contribution >= 4 is 34.8 Å². The Hall–Kier alpha value is -0.770. The summed E-state index contributed by atoms with van der Waals surface area (Å²) in [5, 5.41) is 5.93. The monoisotopic (exact) mass is 331 g/mol. The molecule has 6 heteroatoms.